The highest BCUT2D eigenvalue weighted by Crippen LogP contribution is 2.58. The van der Waals surface area contributed by atoms with E-state index in [4.69, 9.17) is 22.1 Å². The van der Waals surface area contributed by atoms with Crippen molar-refractivity contribution in [2.75, 3.05) is 11.9 Å². The number of amides is 1. The second-order valence-corrected chi connectivity index (χ2v) is 6.46. The lowest BCUT2D eigenvalue weighted by Gasteiger charge is -2.60. The lowest BCUT2D eigenvalue weighted by Crippen LogP contribution is -2.79. The molecule has 108 valence electrons. The van der Waals surface area contributed by atoms with E-state index in [9.17, 15) is 4.79 Å². The van der Waals surface area contributed by atoms with Crippen LogP contribution in [0.5, 0.6) is 0 Å². The Labute approximate surface area is 122 Å². The maximum absolute atomic E-state index is 12.6. The van der Waals surface area contributed by atoms with Gasteiger partial charge in [0, 0.05) is 17.9 Å². The summed E-state index contributed by atoms with van der Waals surface area (Å²) in [6.45, 7) is 4.62. The van der Waals surface area contributed by atoms with Crippen molar-refractivity contribution in [3.05, 3.63) is 23.4 Å². The van der Waals surface area contributed by atoms with Gasteiger partial charge in [-0.15, -0.1) is 0 Å². The number of carbonyl (C=O) groups excluding carboxylic acids is 1. The van der Waals surface area contributed by atoms with Crippen molar-refractivity contribution in [3.63, 3.8) is 0 Å². The zero-order chi connectivity index (χ0) is 14.5. The highest BCUT2D eigenvalue weighted by Gasteiger charge is 2.71. The molecule has 3 unspecified atom stereocenters. The first-order valence-electron chi connectivity index (χ1n) is 6.72. The molecule has 0 spiro atoms. The van der Waals surface area contributed by atoms with Crippen LogP contribution >= 0.6 is 11.6 Å². The number of hydrogen-bond donors (Lipinski definition) is 2. The van der Waals surface area contributed by atoms with Gasteiger partial charge in [-0.05, 0) is 18.6 Å². The second kappa shape index (κ2) is 4.41. The molecule has 1 amide bonds. The molecule has 2 heterocycles. The fourth-order valence-corrected chi connectivity index (χ4v) is 3.71. The summed E-state index contributed by atoms with van der Waals surface area (Å²) in [5, 5.41) is 3.12. The molecule has 1 aromatic rings. The standard InChI is InChI=1S/C14H18ClN3O2/c1-13(2)11-8(6-7-20-11)14(13,16)12(19)18-10-5-3-4-9(15)17-10/h3-5,8,11H,6-7,16H2,1-2H3,(H,17,18,19). The minimum absolute atomic E-state index is 0.0607. The summed E-state index contributed by atoms with van der Waals surface area (Å²) >= 11 is 5.82. The van der Waals surface area contributed by atoms with Crippen LogP contribution in [0.3, 0.4) is 0 Å². The van der Waals surface area contributed by atoms with Crippen molar-refractivity contribution in [2.45, 2.75) is 31.9 Å². The summed E-state index contributed by atoms with van der Waals surface area (Å²) in [6, 6.07) is 5.09. The van der Waals surface area contributed by atoms with Crippen molar-refractivity contribution in [2.24, 2.45) is 17.1 Å². The fraction of sp³-hybridized carbons (Fsp3) is 0.571. The van der Waals surface area contributed by atoms with Gasteiger partial charge in [0.25, 0.3) is 0 Å². The van der Waals surface area contributed by atoms with E-state index in [1.54, 1.807) is 18.2 Å². The summed E-state index contributed by atoms with van der Waals surface area (Å²) in [5.41, 5.74) is 5.12. The van der Waals surface area contributed by atoms with Gasteiger partial charge in [-0.1, -0.05) is 31.5 Å². The number of nitrogens with one attached hydrogen (secondary N) is 1. The van der Waals surface area contributed by atoms with Gasteiger partial charge in [0.15, 0.2) is 0 Å². The molecule has 1 saturated heterocycles. The summed E-state index contributed by atoms with van der Waals surface area (Å²) in [7, 11) is 0. The molecular formula is C14H18ClN3O2. The molecule has 20 heavy (non-hydrogen) atoms. The van der Waals surface area contributed by atoms with Gasteiger partial charge in [0.05, 0.1) is 6.10 Å². The van der Waals surface area contributed by atoms with Gasteiger partial charge >= 0.3 is 0 Å². The quantitative estimate of drug-likeness (QED) is 0.816. The second-order valence-electron chi connectivity index (χ2n) is 6.08. The highest BCUT2D eigenvalue weighted by molar-refractivity contribution is 6.29. The Balaban J connectivity index is 1.83. The number of rotatable bonds is 2. The Morgan fingerprint density at radius 1 is 1.55 bits per heavy atom. The van der Waals surface area contributed by atoms with Gasteiger partial charge in [-0.25, -0.2) is 4.98 Å². The number of nitrogens with zero attached hydrogens (tertiary/aromatic N) is 1. The predicted octanol–water partition coefficient (Wildman–Crippen LogP) is 1.82. The average Bonchev–Trinajstić information content (AvgIpc) is 2.85. The molecule has 1 saturated carbocycles. The van der Waals surface area contributed by atoms with Crippen LogP contribution in [0.15, 0.2) is 18.2 Å². The molecule has 0 aromatic carbocycles. The Kier molecular flexibility index (Phi) is 3.04. The fourth-order valence-electron chi connectivity index (χ4n) is 3.54. The lowest BCUT2D eigenvalue weighted by molar-refractivity contribution is -0.170. The van der Waals surface area contributed by atoms with Gasteiger partial charge < -0.3 is 15.8 Å². The van der Waals surface area contributed by atoms with E-state index >= 15 is 0 Å². The van der Waals surface area contributed by atoms with E-state index in [1.807, 2.05) is 13.8 Å². The third-order valence-corrected chi connectivity index (χ3v) is 5.00. The van der Waals surface area contributed by atoms with Crippen LogP contribution in [-0.4, -0.2) is 29.1 Å². The van der Waals surface area contributed by atoms with Crippen molar-refractivity contribution in [1.82, 2.24) is 4.98 Å². The smallest absolute Gasteiger partial charge is 0.246 e. The molecule has 5 nitrogen and oxygen atoms in total. The van der Waals surface area contributed by atoms with Gasteiger partial charge in [-0.2, -0.15) is 0 Å². The minimum atomic E-state index is -0.932. The molecule has 2 fully saturated rings. The van der Waals surface area contributed by atoms with Crippen LogP contribution < -0.4 is 11.1 Å². The summed E-state index contributed by atoms with van der Waals surface area (Å²) < 4.78 is 5.69. The number of halogens is 1. The molecule has 2 aliphatic rings. The third-order valence-electron chi connectivity index (χ3n) is 4.79. The highest BCUT2D eigenvalue weighted by atomic mass is 35.5. The summed E-state index contributed by atoms with van der Waals surface area (Å²) in [4.78, 5) is 16.7. The van der Waals surface area contributed by atoms with E-state index < -0.39 is 11.0 Å². The first kappa shape index (κ1) is 13.8. The molecule has 1 aliphatic heterocycles. The van der Waals surface area contributed by atoms with E-state index in [0.717, 1.165) is 6.42 Å². The van der Waals surface area contributed by atoms with Crippen LogP contribution in [0.4, 0.5) is 5.82 Å². The van der Waals surface area contributed by atoms with Crippen molar-refractivity contribution >= 4 is 23.3 Å². The lowest BCUT2D eigenvalue weighted by atomic mass is 9.48. The molecule has 0 radical (unpaired) electrons. The Bertz CT molecular complexity index is 563. The van der Waals surface area contributed by atoms with E-state index in [2.05, 4.69) is 10.3 Å². The van der Waals surface area contributed by atoms with E-state index in [-0.39, 0.29) is 17.9 Å². The monoisotopic (exact) mass is 295 g/mol. The number of aromatic nitrogens is 1. The van der Waals surface area contributed by atoms with Crippen molar-refractivity contribution < 1.29 is 9.53 Å². The molecule has 6 heteroatoms. The minimum Gasteiger partial charge on any atom is -0.377 e. The zero-order valence-corrected chi connectivity index (χ0v) is 12.3. The normalized spacial score (nSPS) is 34.2. The maximum atomic E-state index is 12.6. The summed E-state index contributed by atoms with van der Waals surface area (Å²) in [5.74, 6) is 0.270. The van der Waals surface area contributed by atoms with Crippen LogP contribution in [0.25, 0.3) is 0 Å². The summed E-state index contributed by atoms with van der Waals surface area (Å²) in [6.07, 6.45) is 0.881. The van der Waals surface area contributed by atoms with Crippen molar-refractivity contribution in [1.29, 1.82) is 0 Å². The molecule has 3 atom stereocenters. The molecular weight excluding hydrogens is 278 g/mol. The number of carbonyl (C=O) groups is 1. The maximum Gasteiger partial charge on any atom is 0.246 e. The van der Waals surface area contributed by atoms with Crippen LogP contribution in [0.1, 0.15) is 20.3 Å². The van der Waals surface area contributed by atoms with E-state index in [1.165, 1.54) is 0 Å². The molecule has 1 aromatic heterocycles. The first-order valence-corrected chi connectivity index (χ1v) is 7.09. The number of pyridine rings is 1. The Hall–Kier alpha value is -1.17. The van der Waals surface area contributed by atoms with Gasteiger partial charge in [-0.3, -0.25) is 4.79 Å². The van der Waals surface area contributed by atoms with Crippen LogP contribution in [0.2, 0.25) is 5.15 Å². The van der Waals surface area contributed by atoms with Crippen LogP contribution in [-0.2, 0) is 9.53 Å². The molecule has 0 bridgehead atoms. The number of nitrogens with two attached hydrogens (primary N) is 1. The Morgan fingerprint density at radius 2 is 2.30 bits per heavy atom. The Morgan fingerprint density at radius 3 is 3.00 bits per heavy atom. The van der Waals surface area contributed by atoms with Crippen LogP contribution in [0, 0.1) is 11.3 Å². The van der Waals surface area contributed by atoms with E-state index in [0.29, 0.717) is 17.6 Å². The average molecular weight is 296 g/mol. The number of ether oxygens (including phenoxy) is 1. The molecule has 3 N–H and O–H groups in total. The topological polar surface area (TPSA) is 77.2 Å². The number of fused-ring (bicyclic) bond motifs is 1. The first-order chi connectivity index (χ1) is 9.37. The van der Waals surface area contributed by atoms with Gasteiger partial charge in [0.2, 0.25) is 5.91 Å². The number of hydrogen-bond acceptors (Lipinski definition) is 4. The van der Waals surface area contributed by atoms with Crippen molar-refractivity contribution in [3.8, 4) is 0 Å². The molecule has 1 aliphatic carbocycles. The SMILES string of the molecule is CC1(C)C2OCCC2C1(N)C(=O)Nc1cccc(Cl)n1. The predicted molar refractivity (Wildman–Crippen MR) is 76.4 cm³/mol. The number of anilines is 1. The van der Waals surface area contributed by atoms with Gasteiger partial charge in [0.1, 0.15) is 16.5 Å². The third kappa shape index (κ3) is 1.70. The largest absolute Gasteiger partial charge is 0.377 e. The zero-order valence-electron chi connectivity index (χ0n) is 11.5. The molecule has 3 rings (SSSR count).